The lowest BCUT2D eigenvalue weighted by atomic mass is 10.2. The van der Waals surface area contributed by atoms with Crippen molar-refractivity contribution in [2.24, 2.45) is 0 Å². The number of alkyl halides is 6. The molecule has 0 aliphatic heterocycles. The molecule has 1 unspecified atom stereocenters. The van der Waals surface area contributed by atoms with E-state index in [2.05, 4.69) is 14.2 Å². The lowest BCUT2D eigenvalue weighted by Gasteiger charge is -2.26. The topological polar surface area (TPSA) is 36.9 Å². The van der Waals surface area contributed by atoms with Gasteiger partial charge in [0.2, 0.25) is 0 Å². The molecule has 0 bridgehead atoms. The summed E-state index contributed by atoms with van der Waals surface area (Å²) in [6, 6.07) is 0. The van der Waals surface area contributed by atoms with E-state index in [-0.39, 0.29) is 0 Å². The Morgan fingerprint density at radius 2 is 1.12 bits per heavy atom. The van der Waals surface area contributed by atoms with Gasteiger partial charge in [-0.25, -0.2) is 0 Å². The molecule has 24 heavy (non-hydrogen) atoms. The van der Waals surface area contributed by atoms with Crippen LogP contribution >= 0.6 is 11.8 Å². The maximum Gasteiger partial charge on any atom is 0.380 e. The molecule has 0 amide bonds. The quantitative estimate of drug-likeness (QED) is 0.389. The largest absolute Gasteiger partial charge is 0.380 e. The zero-order valence-electron chi connectivity index (χ0n) is 14.0. The van der Waals surface area contributed by atoms with Crippen LogP contribution < -0.4 is 0 Å². The molecule has 146 valence electrons. The Bertz CT molecular complexity index is 376. The van der Waals surface area contributed by atoms with Gasteiger partial charge >= 0.3 is 18.3 Å². The molecule has 0 rings (SSSR count). The second-order valence-electron chi connectivity index (χ2n) is 5.81. The van der Waals surface area contributed by atoms with E-state index in [1.165, 1.54) is 34.0 Å². The molecule has 0 spiro atoms. The van der Waals surface area contributed by atoms with Gasteiger partial charge in [0, 0.05) is 0 Å². The smallest absolute Gasteiger partial charge is 0.367 e. The number of hydrogen-bond acceptors (Lipinski definition) is 5. The van der Waals surface area contributed by atoms with Gasteiger partial charge in [-0.3, -0.25) is 0 Å². The van der Waals surface area contributed by atoms with Gasteiger partial charge in [0.15, 0.2) is 0 Å². The highest BCUT2D eigenvalue weighted by atomic mass is 32.2. The molecular weight excluding hydrogens is 366 g/mol. The van der Waals surface area contributed by atoms with Gasteiger partial charge in [-0.15, -0.1) is 11.8 Å². The fourth-order valence-corrected chi connectivity index (χ4v) is 1.33. The van der Waals surface area contributed by atoms with E-state index in [0.717, 1.165) is 11.8 Å². The minimum Gasteiger partial charge on any atom is -0.367 e. The molecular formula is C13H22F6O4S. The summed E-state index contributed by atoms with van der Waals surface area (Å²) < 4.78 is 95.8. The molecule has 0 fully saturated rings. The average molecular weight is 388 g/mol. The minimum absolute atomic E-state index is 0.923. The predicted octanol–water partition coefficient (Wildman–Crippen LogP) is 4.34. The van der Waals surface area contributed by atoms with Crippen molar-refractivity contribution in [2.45, 2.75) is 57.1 Å². The lowest BCUT2D eigenvalue weighted by molar-refractivity contribution is -0.362. The highest BCUT2D eigenvalue weighted by molar-refractivity contribution is 7.99. The van der Waals surface area contributed by atoms with E-state index in [0.29, 0.717) is 0 Å². The van der Waals surface area contributed by atoms with Crippen LogP contribution in [0.15, 0.2) is 0 Å². The van der Waals surface area contributed by atoms with Crippen molar-refractivity contribution in [3.63, 3.8) is 0 Å². The van der Waals surface area contributed by atoms with Gasteiger partial charge in [0.25, 0.3) is 0 Å². The molecule has 0 aromatic carbocycles. The van der Waals surface area contributed by atoms with Crippen molar-refractivity contribution in [3.8, 4) is 0 Å². The summed E-state index contributed by atoms with van der Waals surface area (Å²) >= 11 is 0.923. The Balaban J connectivity index is 4.38. The van der Waals surface area contributed by atoms with E-state index in [1.54, 1.807) is 0 Å². The summed E-state index contributed by atoms with van der Waals surface area (Å²) in [5, 5.41) is 0. The summed E-state index contributed by atoms with van der Waals surface area (Å²) in [7, 11) is 0. The second-order valence-corrected chi connectivity index (χ2v) is 6.95. The van der Waals surface area contributed by atoms with Gasteiger partial charge in [-0.05, 0) is 34.0 Å². The highest BCUT2D eigenvalue weighted by Crippen LogP contribution is 2.28. The zero-order valence-corrected chi connectivity index (χ0v) is 14.8. The van der Waals surface area contributed by atoms with E-state index < -0.39 is 49.2 Å². The number of halogens is 6. The Hall–Kier alpha value is -0.230. The zero-order chi connectivity index (χ0) is 19.2. The standard InChI is InChI=1S/C13H22F6O4S/c1-9(24-5)23-13(18,19)8-22-12(16,17)7-21-11(14,15)6-20-10(2,3)4/h9H,6-8H2,1-5H3. The third kappa shape index (κ3) is 12.2. The van der Waals surface area contributed by atoms with E-state index in [9.17, 15) is 26.3 Å². The molecule has 0 saturated carbocycles. The SMILES string of the molecule is CSC(C)OC(F)(F)COC(F)(F)COC(F)(F)COC(C)(C)C. The highest BCUT2D eigenvalue weighted by Gasteiger charge is 2.43. The first-order chi connectivity index (χ1) is 10.6. The van der Waals surface area contributed by atoms with Crippen molar-refractivity contribution >= 4 is 11.8 Å². The number of hydrogen-bond donors (Lipinski definition) is 0. The number of ether oxygens (including phenoxy) is 4. The van der Waals surface area contributed by atoms with E-state index in [1.807, 2.05) is 0 Å². The van der Waals surface area contributed by atoms with Crippen molar-refractivity contribution in [2.75, 3.05) is 26.1 Å². The maximum absolute atomic E-state index is 13.3. The molecule has 11 heteroatoms. The van der Waals surface area contributed by atoms with E-state index in [4.69, 9.17) is 4.74 Å². The van der Waals surface area contributed by atoms with E-state index >= 15 is 0 Å². The van der Waals surface area contributed by atoms with Crippen LogP contribution in [-0.4, -0.2) is 55.4 Å². The van der Waals surface area contributed by atoms with Crippen LogP contribution in [0.25, 0.3) is 0 Å². The van der Waals surface area contributed by atoms with Crippen LogP contribution in [-0.2, 0) is 18.9 Å². The summed E-state index contributed by atoms with van der Waals surface area (Å²) in [4.78, 5) is 0. The van der Waals surface area contributed by atoms with Crippen molar-refractivity contribution in [3.05, 3.63) is 0 Å². The summed E-state index contributed by atoms with van der Waals surface area (Å²) in [6.07, 6.45) is -10.9. The molecule has 0 saturated heterocycles. The monoisotopic (exact) mass is 388 g/mol. The number of rotatable bonds is 11. The fourth-order valence-electron chi connectivity index (χ4n) is 1.09. The average Bonchev–Trinajstić information content (AvgIpc) is 2.41. The molecule has 0 heterocycles. The van der Waals surface area contributed by atoms with Crippen molar-refractivity contribution in [1.82, 2.24) is 0 Å². The third-order valence-corrected chi connectivity index (χ3v) is 3.01. The summed E-state index contributed by atoms with van der Waals surface area (Å²) in [5.74, 6) is 0. The van der Waals surface area contributed by atoms with Crippen LogP contribution in [0, 0.1) is 0 Å². The van der Waals surface area contributed by atoms with Gasteiger partial charge in [0.1, 0.15) is 25.3 Å². The molecule has 4 nitrogen and oxygen atoms in total. The van der Waals surface area contributed by atoms with Crippen LogP contribution in [0.1, 0.15) is 27.7 Å². The molecule has 0 aromatic rings. The molecule has 0 aliphatic rings. The molecule has 0 N–H and O–H groups in total. The van der Waals surface area contributed by atoms with Gasteiger partial charge in [0.05, 0.1) is 5.60 Å². The maximum atomic E-state index is 13.3. The molecule has 1 atom stereocenters. The van der Waals surface area contributed by atoms with Crippen LogP contribution in [0.4, 0.5) is 26.3 Å². The molecule has 0 aliphatic carbocycles. The summed E-state index contributed by atoms with van der Waals surface area (Å²) in [6.45, 7) is 0.752. The van der Waals surface area contributed by atoms with Gasteiger partial charge in [-0.1, -0.05) is 0 Å². The van der Waals surface area contributed by atoms with Gasteiger partial charge < -0.3 is 18.9 Å². The third-order valence-electron chi connectivity index (χ3n) is 2.25. The minimum atomic E-state index is -4.35. The van der Waals surface area contributed by atoms with Crippen molar-refractivity contribution < 1.29 is 45.3 Å². The van der Waals surface area contributed by atoms with Gasteiger partial charge in [-0.2, -0.15) is 26.3 Å². The molecule has 0 aromatic heterocycles. The normalized spacial score (nSPS) is 15.6. The molecule has 0 radical (unpaired) electrons. The van der Waals surface area contributed by atoms with Crippen LogP contribution in [0.3, 0.4) is 0 Å². The second kappa shape index (κ2) is 8.93. The Morgan fingerprint density at radius 1 is 0.750 bits per heavy atom. The Morgan fingerprint density at radius 3 is 1.50 bits per heavy atom. The van der Waals surface area contributed by atoms with Crippen LogP contribution in [0.5, 0.6) is 0 Å². The number of thioether (sulfide) groups is 1. The van der Waals surface area contributed by atoms with Crippen LogP contribution in [0.2, 0.25) is 0 Å². The summed E-state index contributed by atoms with van der Waals surface area (Å²) in [5.41, 5.74) is -1.90. The Kier molecular flexibility index (Phi) is 8.84. The Labute approximate surface area is 141 Å². The fraction of sp³-hybridized carbons (Fsp3) is 1.00. The first-order valence-electron chi connectivity index (χ1n) is 6.83. The lowest BCUT2D eigenvalue weighted by Crippen LogP contribution is -2.40. The predicted molar refractivity (Wildman–Crippen MR) is 76.5 cm³/mol. The van der Waals surface area contributed by atoms with Crippen molar-refractivity contribution in [1.29, 1.82) is 0 Å². The first kappa shape index (κ1) is 23.8. The first-order valence-corrected chi connectivity index (χ1v) is 8.12.